The Labute approximate surface area is 250 Å². The van der Waals surface area contributed by atoms with Gasteiger partial charge in [0.05, 0.1) is 29.9 Å². The summed E-state index contributed by atoms with van der Waals surface area (Å²) in [6.45, 7) is 9.54. The summed E-state index contributed by atoms with van der Waals surface area (Å²) in [6, 6.07) is 10.1. The molecule has 0 saturated carbocycles. The molecule has 0 radical (unpaired) electrons. The molecule has 1 unspecified atom stereocenters. The van der Waals surface area contributed by atoms with Gasteiger partial charge in [0.1, 0.15) is 22.8 Å². The Kier molecular flexibility index (Phi) is 8.62. The fourth-order valence-corrected chi connectivity index (χ4v) is 6.92. The molecule has 1 heterocycles. The van der Waals surface area contributed by atoms with Gasteiger partial charge in [-0.1, -0.05) is 69.1 Å². The normalized spacial score (nSPS) is 28.0. The molecule has 4 rings (SSSR count). The van der Waals surface area contributed by atoms with Gasteiger partial charge >= 0.3 is 0 Å². The summed E-state index contributed by atoms with van der Waals surface area (Å²) < 4.78 is 37.6. The van der Waals surface area contributed by atoms with Gasteiger partial charge in [0.15, 0.2) is 0 Å². The minimum atomic E-state index is -1.67. The first-order valence-electron chi connectivity index (χ1n) is 13.5. The van der Waals surface area contributed by atoms with Gasteiger partial charge in [0, 0.05) is 28.0 Å². The third-order valence-electron chi connectivity index (χ3n) is 8.23. The van der Waals surface area contributed by atoms with Crippen LogP contribution in [0.4, 0.5) is 14.5 Å². The first-order valence-corrected chi connectivity index (χ1v) is 14.2. The number of hydrogen-bond acceptors (Lipinski definition) is 4. The highest BCUT2D eigenvalue weighted by Crippen LogP contribution is 2.59. The second-order valence-corrected chi connectivity index (χ2v) is 13.3. The lowest BCUT2D eigenvalue weighted by Crippen LogP contribution is -2.52. The second-order valence-electron chi connectivity index (χ2n) is 12.4. The van der Waals surface area contributed by atoms with Gasteiger partial charge < -0.3 is 15.4 Å². The maximum Gasteiger partial charge on any atom is 0.242 e. The number of nitriles is 1. The van der Waals surface area contributed by atoms with Gasteiger partial charge in [-0.2, -0.15) is 5.26 Å². The first-order chi connectivity index (χ1) is 19.2. The minimum absolute atomic E-state index is 0.0547. The molecular weight excluding hydrogens is 567 g/mol. The summed E-state index contributed by atoms with van der Waals surface area (Å²) in [4.78, 5) is 14.2. The van der Waals surface area contributed by atoms with Crippen LogP contribution in [0.1, 0.15) is 51.7 Å². The van der Waals surface area contributed by atoms with Crippen molar-refractivity contribution in [1.29, 1.82) is 5.26 Å². The number of halogens is 4. The highest BCUT2D eigenvalue weighted by Gasteiger charge is 2.66. The molecule has 5 nitrogen and oxygen atoms in total. The largest absolute Gasteiger partial charge is 0.495 e. The predicted octanol–water partition coefficient (Wildman–Crippen LogP) is 7.98. The van der Waals surface area contributed by atoms with Crippen molar-refractivity contribution >= 4 is 34.8 Å². The minimum Gasteiger partial charge on any atom is -0.495 e. The van der Waals surface area contributed by atoms with E-state index in [-0.39, 0.29) is 27.5 Å². The van der Waals surface area contributed by atoms with Crippen LogP contribution in [0.2, 0.25) is 5.02 Å². The number of anilines is 1. The van der Waals surface area contributed by atoms with E-state index < -0.39 is 46.4 Å². The van der Waals surface area contributed by atoms with Crippen LogP contribution in [-0.4, -0.2) is 25.1 Å². The predicted molar refractivity (Wildman–Crippen MR) is 159 cm³/mol. The third kappa shape index (κ3) is 5.62. The van der Waals surface area contributed by atoms with Gasteiger partial charge in [-0.3, -0.25) is 4.79 Å². The molecule has 1 amide bonds. The van der Waals surface area contributed by atoms with E-state index in [1.165, 1.54) is 25.3 Å². The quantitative estimate of drug-likeness (QED) is 0.352. The van der Waals surface area contributed by atoms with E-state index in [0.29, 0.717) is 17.9 Å². The Bertz CT molecular complexity index is 1460. The van der Waals surface area contributed by atoms with E-state index in [9.17, 15) is 10.1 Å². The molecule has 2 N–H and O–H groups in total. The van der Waals surface area contributed by atoms with Crippen molar-refractivity contribution in [1.82, 2.24) is 5.32 Å². The molecule has 2 aromatic carbocycles. The number of carbonyl (C=O) groups excluding carboxylic acids is 1. The Morgan fingerprint density at radius 2 is 1.93 bits per heavy atom. The Morgan fingerprint density at radius 3 is 2.54 bits per heavy atom. The van der Waals surface area contributed by atoms with E-state index in [1.807, 2.05) is 33.8 Å². The lowest BCUT2D eigenvalue weighted by Gasteiger charge is -2.46. The summed E-state index contributed by atoms with van der Waals surface area (Å²) >= 11 is 12.4. The SMILES string of the molecule is COc1cc(C)ccc1NC(=O)[C@@H]1N[C@@H](CC(C)(C)C)[C@](C#N)(c2ccc(Cl)cc2F)[C@H]1C1(C)CC=CC(Cl)=C1F. The zero-order valence-electron chi connectivity index (χ0n) is 24.0. The average Bonchev–Trinajstić information content (AvgIpc) is 3.22. The molecule has 5 atom stereocenters. The second kappa shape index (κ2) is 11.4. The average molecular weight is 603 g/mol. The van der Waals surface area contributed by atoms with E-state index in [1.54, 1.807) is 25.1 Å². The molecule has 2 aliphatic rings. The smallest absolute Gasteiger partial charge is 0.242 e. The number of rotatable bonds is 6. The van der Waals surface area contributed by atoms with Gasteiger partial charge in [-0.25, -0.2) is 8.78 Å². The van der Waals surface area contributed by atoms with Crippen molar-refractivity contribution in [3.63, 3.8) is 0 Å². The number of nitrogens with one attached hydrogen (secondary N) is 2. The van der Waals surface area contributed by atoms with Crippen LogP contribution in [0.3, 0.4) is 0 Å². The molecule has 218 valence electrons. The van der Waals surface area contributed by atoms with E-state index in [2.05, 4.69) is 16.7 Å². The standard InChI is InChI=1S/C32H35Cl2F2N3O2/c1-18-9-12-23(24(14-18)41-6)38-29(40)26-27(31(5)13-7-8-21(34)28(31)36)32(17-37,25(39-26)16-30(2,3)4)20-11-10-19(33)15-22(20)35/h7-12,14-15,25-27,39H,13,16H2,1-6H3,(H,38,40)/t25-,26+,27+,31?,32-/m0/s1. The van der Waals surface area contributed by atoms with E-state index >= 15 is 8.78 Å². The molecule has 0 bridgehead atoms. The van der Waals surface area contributed by atoms with E-state index in [4.69, 9.17) is 27.9 Å². The molecule has 2 aromatic rings. The molecule has 1 aliphatic heterocycles. The Hall–Kier alpha value is -2.92. The maximum atomic E-state index is 16.2. The lowest BCUT2D eigenvalue weighted by molar-refractivity contribution is -0.120. The monoisotopic (exact) mass is 601 g/mol. The number of hydrogen-bond donors (Lipinski definition) is 2. The Balaban J connectivity index is 1.97. The molecular formula is C32H35Cl2F2N3O2. The fourth-order valence-electron chi connectivity index (χ4n) is 6.46. The molecule has 0 aromatic heterocycles. The number of methoxy groups -OCH3 is 1. The van der Waals surface area contributed by atoms with Crippen molar-refractivity contribution in [2.24, 2.45) is 16.7 Å². The fraction of sp³-hybridized carbons (Fsp3) is 0.438. The number of ether oxygens (including phenoxy) is 1. The molecule has 1 saturated heterocycles. The van der Waals surface area contributed by atoms with Gasteiger partial charge in [0.2, 0.25) is 5.91 Å². The third-order valence-corrected chi connectivity index (χ3v) is 8.76. The maximum absolute atomic E-state index is 16.2. The summed E-state index contributed by atoms with van der Waals surface area (Å²) in [6.07, 6.45) is 3.74. The van der Waals surface area contributed by atoms with Crippen LogP contribution in [0.15, 0.2) is 59.4 Å². The van der Waals surface area contributed by atoms with Crippen molar-refractivity contribution in [2.75, 3.05) is 12.4 Å². The first kappa shape index (κ1) is 31.0. The topological polar surface area (TPSA) is 74.2 Å². The highest BCUT2D eigenvalue weighted by atomic mass is 35.5. The van der Waals surface area contributed by atoms with Crippen LogP contribution >= 0.6 is 23.2 Å². The van der Waals surface area contributed by atoms with Crippen molar-refractivity contribution in [3.05, 3.63) is 81.4 Å². The highest BCUT2D eigenvalue weighted by molar-refractivity contribution is 6.31. The molecule has 1 aliphatic carbocycles. The zero-order chi connectivity index (χ0) is 30.3. The van der Waals surface area contributed by atoms with E-state index in [0.717, 1.165) is 11.6 Å². The van der Waals surface area contributed by atoms with Gasteiger partial charge in [-0.15, -0.1) is 0 Å². The molecule has 0 spiro atoms. The van der Waals surface area contributed by atoms with Crippen LogP contribution in [0.5, 0.6) is 5.75 Å². The van der Waals surface area contributed by atoms with Gasteiger partial charge in [0.25, 0.3) is 0 Å². The molecule has 41 heavy (non-hydrogen) atoms. The van der Waals surface area contributed by atoms with Crippen molar-refractivity contribution < 1.29 is 18.3 Å². The number of aryl methyl sites for hydroxylation is 1. The number of benzene rings is 2. The van der Waals surface area contributed by atoms with Crippen LogP contribution in [0.25, 0.3) is 0 Å². The van der Waals surface area contributed by atoms with Gasteiger partial charge in [-0.05, 0) is 61.1 Å². The van der Waals surface area contributed by atoms with Crippen molar-refractivity contribution in [2.45, 2.75) is 65.0 Å². The zero-order valence-corrected chi connectivity index (χ0v) is 25.6. The lowest BCUT2D eigenvalue weighted by atomic mass is 9.54. The van der Waals surface area contributed by atoms with Crippen molar-refractivity contribution in [3.8, 4) is 11.8 Å². The summed E-state index contributed by atoms with van der Waals surface area (Å²) in [5, 5.41) is 17.4. The van der Waals surface area contributed by atoms with Crippen LogP contribution < -0.4 is 15.4 Å². The number of allylic oxidation sites excluding steroid dienone is 4. The molecule has 1 fully saturated rings. The summed E-state index contributed by atoms with van der Waals surface area (Å²) in [5.41, 5.74) is -2.02. The summed E-state index contributed by atoms with van der Waals surface area (Å²) in [5.74, 6) is -2.46. The molecule has 9 heteroatoms. The van der Waals surface area contributed by atoms with Crippen LogP contribution in [0, 0.1) is 40.8 Å². The summed E-state index contributed by atoms with van der Waals surface area (Å²) in [7, 11) is 1.50. The van der Waals surface area contributed by atoms with Crippen LogP contribution in [-0.2, 0) is 10.2 Å². The Morgan fingerprint density at radius 1 is 1.22 bits per heavy atom. The number of carbonyl (C=O) groups is 1. The number of amides is 1. The number of nitrogens with zero attached hydrogens (tertiary/aromatic N) is 1.